The number of nitrogens with one attached hydrogen (secondary N) is 1. The molecule has 0 saturated carbocycles. The maximum Gasteiger partial charge on any atom is 0.229 e. The second-order valence-electron chi connectivity index (χ2n) is 4.78. The molecule has 0 unspecified atom stereocenters. The minimum absolute atomic E-state index is 0.0592. The molecule has 0 fully saturated rings. The molecule has 0 bridgehead atoms. The van der Waals surface area contributed by atoms with E-state index >= 15 is 0 Å². The second-order valence-corrected chi connectivity index (χ2v) is 6.91. The quantitative estimate of drug-likeness (QED) is 0.869. The summed E-state index contributed by atoms with van der Waals surface area (Å²) in [5.41, 5.74) is 1.63. The molecule has 2 aromatic rings. The Morgan fingerprint density at radius 1 is 1.36 bits per heavy atom. The molecule has 22 heavy (non-hydrogen) atoms. The summed E-state index contributed by atoms with van der Waals surface area (Å²) in [6, 6.07) is 5.42. The van der Waals surface area contributed by atoms with Crippen LogP contribution in [0.2, 0.25) is 0 Å². The first-order chi connectivity index (χ1) is 10.7. The van der Waals surface area contributed by atoms with Gasteiger partial charge >= 0.3 is 0 Å². The van der Waals surface area contributed by atoms with E-state index in [1.165, 1.54) is 0 Å². The Labute approximate surface area is 137 Å². The molecule has 2 heterocycles. The first kappa shape index (κ1) is 15.2. The number of fused-ring (bicyclic) bond motifs is 1. The molecule has 0 aliphatic carbocycles. The average molecular weight is 336 g/mol. The zero-order valence-corrected chi connectivity index (χ0v) is 14.0. The monoisotopic (exact) mass is 336 g/mol. The van der Waals surface area contributed by atoms with Crippen LogP contribution in [0.5, 0.6) is 11.5 Å². The highest BCUT2D eigenvalue weighted by Gasteiger charge is 2.14. The van der Waals surface area contributed by atoms with Crippen molar-refractivity contribution in [2.75, 3.05) is 24.8 Å². The fourth-order valence-electron chi connectivity index (χ4n) is 2.12. The topological polar surface area (TPSA) is 60.5 Å². The van der Waals surface area contributed by atoms with Crippen LogP contribution in [0.15, 0.2) is 22.5 Å². The maximum atomic E-state index is 12.2. The van der Waals surface area contributed by atoms with Crippen LogP contribution in [0.4, 0.5) is 5.69 Å². The summed E-state index contributed by atoms with van der Waals surface area (Å²) in [6.45, 7) is 3.02. The van der Waals surface area contributed by atoms with E-state index in [-0.39, 0.29) is 5.91 Å². The van der Waals surface area contributed by atoms with Crippen molar-refractivity contribution < 1.29 is 14.3 Å². The summed E-state index contributed by atoms with van der Waals surface area (Å²) in [6.07, 6.45) is 2.32. The number of ether oxygens (including phenoxy) is 2. The predicted molar refractivity (Wildman–Crippen MR) is 88.4 cm³/mol. The minimum atomic E-state index is -0.0592. The third-order valence-corrected chi connectivity index (χ3v) is 5.34. The summed E-state index contributed by atoms with van der Waals surface area (Å²) in [7, 11) is 0. The fraction of sp³-hybridized carbons (Fsp3) is 0.333. The number of amides is 1. The van der Waals surface area contributed by atoms with Crippen molar-refractivity contribution in [3.8, 4) is 11.5 Å². The van der Waals surface area contributed by atoms with Crippen LogP contribution in [0, 0.1) is 6.92 Å². The summed E-state index contributed by atoms with van der Waals surface area (Å²) < 4.78 is 12.0. The van der Waals surface area contributed by atoms with Gasteiger partial charge in [0.1, 0.15) is 17.6 Å². The summed E-state index contributed by atoms with van der Waals surface area (Å²) in [5, 5.41) is 2.89. The third-order valence-electron chi connectivity index (χ3n) is 3.19. The van der Waals surface area contributed by atoms with E-state index in [9.17, 15) is 4.79 Å². The number of rotatable bonds is 4. The fourth-order valence-corrected chi connectivity index (χ4v) is 3.78. The van der Waals surface area contributed by atoms with Crippen LogP contribution >= 0.6 is 23.1 Å². The first-order valence-electron chi connectivity index (χ1n) is 6.85. The van der Waals surface area contributed by atoms with Gasteiger partial charge in [-0.3, -0.25) is 4.79 Å². The van der Waals surface area contributed by atoms with Crippen molar-refractivity contribution in [3.63, 3.8) is 0 Å². The zero-order valence-electron chi connectivity index (χ0n) is 12.3. The van der Waals surface area contributed by atoms with Crippen LogP contribution < -0.4 is 14.8 Å². The number of aryl methyl sites for hydroxylation is 1. The highest BCUT2D eigenvalue weighted by atomic mass is 32.2. The maximum absolute atomic E-state index is 12.2. The number of carbonyl (C=O) groups excluding carboxylic acids is 1. The van der Waals surface area contributed by atoms with Gasteiger partial charge in [0.25, 0.3) is 0 Å². The van der Waals surface area contributed by atoms with E-state index in [1.54, 1.807) is 29.2 Å². The molecular weight excluding hydrogens is 320 g/mol. The molecule has 0 radical (unpaired) electrons. The van der Waals surface area contributed by atoms with Gasteiger partial charge in [-0.15, -0.1) is 11.3 Å². The largest absolute Gasteiger partial charge is 0.486 e. The van der Waals surface area contributed by atoms with Crippen molar-refractivity contribution in [1.29, 1.82) is 0 Å². The Morgan fingerprint density at radius 2 is 2.14 bits per heavy atom. The Morgan fingerprint density at radius 3 is 2.86 bits per heavy atom. The zero-order chi connectivity index (χ0) is 15.5. The van der Waals surface area contributed by atoms with Gasteiger partial charge in [0.2, 0.25) is 5.91 Å². The molecule has 5 nitrogen and oxygen atoms in total. The smallest absolute Gasteiger partial charge is 0.229 e. The highest BCUT2D eigenvalue weighted by molar-refractivity contribution is 8.00. The number of thiazole rings is 1. The lowest BCUT2D eigenvalue weighted by Crippen LogP contribution is -2.17. The van der Waals surface area contributed by atoms with E-state index in [0.717, 1.165) is 14.9 Å². The molecule has 1 aromatic carbocycles. The molecule has 7 heteroatoms. The highest BCUT2D eigenvalue weighted by Crippen LogP contribution is 2.32. The van der Waals surface area contributed by atoms with Gasteiger partial charge in [-0.25, -0.2) is 4.98 Å². The normalized spacial score (nSPS) is 13.0. The first-order valence-corrected chi connectivity index (χ1v) is 8.89. The lowest BCUT2D eigenvalue weighted by molar-refractivity contribution is -0.115. The van der Waals surface area contributed by atoms with Crippen molar-refractivity contribution >= 4 is 34.7 Å². The molecular formula is C15H16N2O3S2. The number of hydrogen-bond acceptors (Lipinski definition) is 6. The Balaban J connectivity index is 1.67. The van der Waals surface area contributed by atoms with Gasteiger partial charge in [0.05, 0.1) is 12.1 Å². The van der Waals surface area contributed by atoms with Crippen LogP contribution in [0.3, 0.4) is 0 Å². The molecule has 1 amide bonds. The summed E-state index contributed by atoms with van der Waals surface area (Å²) in [5.74, 6) is 1.32. The molecule has 1 aliphatic rings. The number of carbonyl (C=O) groups is 1. The van der Waals surface area contributed by atoms with E-state index in [4.69, 9.17) is 9.47 Å². The van der Waals surface area contributed by atoms with Crippen molar-refractivity contribution in [2.24, 2.45) is 0 Å². The van der Waals surface area contributed by atoms with Gasteiger partial charge < -0.3 is 14.8 Å². The molecule has 3 rings (SSSR count). The van der Waals surface area contributed by atoms with E-state index < -0.39 is 0 Å². The third kappa shape index (κ3) is 3.36. The number of hydrogen-bond donors (Lipinski definition) is 1. The molecule has 0 atom stereocenters. The van der Waals surface area contributed by atoms with Crippen LogP contribution in [0.25, 0.3) is 0 Å². The van der Waals surface area contributed by atoms with Crippen LogP contribution in [-0.2, 0) is 11.2 Å². The standard InChI is InChI=1S/C15H16N2O3S2/c1-9-13(22-15(16-9)21-2)8-14(18)17-10-3-4-11-12(7-10)20-6-5-19-11/h3-4,7H,5-6,8H2,1-2H3,(H,17,18). The molecule has 0 saturated heterocycles. The van der Waals surface area contributed by atoms with E-state index in [0.29, 0.717) is 36.8 Å². The molecule has 1 N–H and O–H groups in total. The average Bonchev–Trinajstić information content (AvgIpc) is 2.87. The Kier molecular flexibility index (Phi) is 4.54. The minimum Gasteiger partial charge on any atom is -0.486 e. The Hall–Kier alpha value is -1.73. The van der Waals surface area contributed by atoms with E-state index in [1.807, 2.05) is 25.3 Å². The lowest BCUT2D eigenvalue weighted by atomic mass is 10.2. The number of aromatic nitrogens is 1. The van der Waals surface area contributed by atoms with Gasteiger partial charge in [-0.05, 0) is 25.3 Å². The van der Waals surface area contributed by atoms with Gasteiger partial charge in [-0.1, -0.05) is 11.8 Å². The van der Waals surface area contributed by atoms with E-state index in [2.05, 4.69) is 10.3 Å². The number of benzene rings is 1. The van der Waals surface area contributed by atoms with Crippen LogP contribution in [-0.4, -0.2) is 30.4 Å². The van der Waals surface area contributed by atoms with Crippen LogP contribution in [0.1, 0.15) is 10.6 Å². The number of anilines is 1. The summed E-state index contributed by atoms with van der Waals surface area (Å²) >= 11 is 3.16. The van der Waals surface area contributed by atoms with Gasteiger partial charge in [-0.2, -0.15) is 0 Å². The number of nitrogens with zero attached hydrogens (tertiary/aromatic N) is 1. The molecule has 116 valence electrons. The van der Waals surface area contributed by atoms with Crippen molar-refractivity contribution in [1.82, 2.24) is 4.98 Å². The molecule has 1 aliphatic heterocycles. The Bertz CT molecular complexity index is 700. The lowest BCUT2D eigenvalue weighted by Gasteiger charge is -2.19. The SMILES string of the molecule is CSc1nc(C)c(CC(=O)Nc2ccc3c(c2)OCCO3)s1. The molecule has 1 aromatic heterocycles. The van der Waals surface area contributed by atoms with Gasteiger partial charge in [0, 0.05) is 16.6 Å². The number of thioether (sulfide) groups is 1. The van der Waals surface area contributed by atoms with Crippen molar-refractivity contribution in [2.45, 2.75) is 17.7 Å². The van der Waals surface area contributed by atoms with Gasteiger partial charge in [0.15, 0.2) is 11.5 Å². The second kappa shape index (κ2) is 6.58. The predicted octanol–water partition coefficient (Wildman–Crippen LogP) is 3.13. The summed E-state index contributed by atoms with van der Waals surface area (Å²) in [4.78, 5) is 17.6. The van der Waals surface area contributed by atoms with Crippen molar-refractivity contribution in [3.05, 3.63) is 28.8 Å². The molecule has 0 spiro atoms.